The Kier molecular flexibility index (Phi) is 8.01. The molecule has 4 aromatic heterocycles. The summed E-state index contributed by atoms with van der Waals surface area (Å²) in [5, 5.41) is 6.83. The number of aromatic nitrogens is 4. The van der Waals surface area contributed by atoms with Crippen molar-refractivity contribution in [3.05, 3.63) is 206 Å². The topological polar surface area (TPSA) is 56.7 Å². The van der Waals surface area contributed by atoms with Crippen molar-refractivity contribution in [2.45, 2.75) is 0 Å². The Balaban J connectivity index is 0.973. The second kappa shape index (κ2) is 14.2. The molecule has 0 unspecified atom stereocenters. The van der Waals surface area contributed by atoms with Gasteiger partial charge in [0.1, 0.15) is 11.2 Å². The summed E-state index contributed by atoms with van der Waals surface area (Å²) in [6.07, 6.45) is 0. The van der Waals surface area contributed by atoms with Crippen LogP contribution in [-0.4, -0.2) is 19.5 Å². The summed E-state index contributed by atoms with van der Waals surface area (Å²) in [5.41, 5.74) is 12.5. The van der Waals surface area contributed by atoms with Gasteiger partial charge >= 0.3 is 0 Å². The van der Waals surface area contributed by atoms with Crippen molar-refractivity contribution in [2.75, 3.05) is 0 Å². The second-order valence-corrected chi connectivity index (χ2v) is 17.0. The minimum atomic E-state index is 0.598. The van der Waals surface area contributed by atoms with Crippen LogP contribution < -0.4 is 0 Å². The van der Waals surface area contributed by atoms with E-state index in [9.17, 15) is 0 Å². The van der Waals surface area contributed by atoms with Crippen LogP contribution in [0, 0.1) is 0 Å². The van der Waals surface area contributed by atoms with Crippen LogP contribution in [0.2, 0.25) is 0 Å². The molecule has 6 heteroatoms. The fraction of sp³-hybridized carbons (Fsp3) is 0. The molecule has 13 rings (SSSR count). The fourth-order valence-corrected chi connectivity index (χ4v) is 10.5. The van der Waals surface area contributed by atoms with E-state index >= 15 is 0 Å². The lowest BCUT2D eigenvalue weighted by molar-refractivity contribution is 0.669. The lowest BCUT2D eigenvalue weighted by Gasteiger charge is -2.11. The zero-order valence-corrected chi connectivity index (χ0v) is 34.6. The Bertz CT molecular complexity index is 3920. The summed E-state index contributed by atoms with van der Waals surface area (Å²) in [5.74, 6) is 1.86. The van der Waals surface area contributed by atoms with Crippen LogP contribution in [0.25, 0.3) is 126 Å². The summed E-state index contributed by atoms with van der Waals surface area (Å²) in [6, 6.07) is 72.7. The molecule has 0 aliphatic heterocycles. The second-order valence-electron chi connectivity index (χ2n) is 15.9. The Morgan fingerprint density at radius 3 is 1.83 bits per heavy atom. The van der Waals surface area contributed by atoms with Gasteiger partial charge in [0, 0.05) is 64.1 Å². The molecule has 0 saturated heterocycles. The molecule has 0 fully saturated rings. The maximum atomic E-state index is 6.58. The van der Waals surface area contributed by atoms with Crippen molar-refractivity contribution in [3.8, 4) is 62.1 Å². The van der Waals surface area contributed by atoms with E-state index in [1.165, 1.54) is 42.9 Å². The number of furan rings is 1. The van der Waals surface area contributed by atoms with E-state index in [1.54, 1.807) is 11.3 Å². The number of hydrogen-bond donors (Lipinski definition) is 0. The molecule has 5 nitrogen and oxygen atoms in total. The van der Waals surface area contributed by atoms with Crippen LogP contribution in [0.5, 0.6) is 0 Å². The van der Waals surface area contributed by atoms with Crippen LogP contribution in [-0.2, 0) is 0 Å². The Hall–Kier alpha value is -8.19. The smallest absolute Gasteiger partial charge is 0.165 e. The molecule has 9 aromatic carbocycles. The third-order valence-electron chi connectivity index (χ3n) is 12.3. The van der Waals surface area contributed by atoms with E-state index in [-0.39, 0.29) is 0 Å². The quantitative estimate of drug-likeness (QED) is 0.168. The third-order valence-corrected chi connectivity index (χ3v) is 13.5. The largest absolute Gasteiger partial charge is 0.456 e. The number of thiophene rings is 1. The van der Waals surface area contributed by atoms with Gasteiger partial charge in [-0.05, 0) is 82.9 Å². The standard InChI is InChI=1S/C57H34N4OS/c1-3-14-35(15-4-1)37-18-11-19-40(32-37)61-48-25-9-7-20-41(48)46-33-38(28-30-49(46)61)39-29-31-50-47(34-39)53-44(23-13-26-51(53)62-50)56-58-55(36-16-5-2-6-17-36)59-57(60-56)45-24-12-22-43-42-21-8-10-27-52(42)63-54(43)45/h1-34H. The number of fused-ring (bicyclic) bond motifs is 9. The van der Waals surface area contributed by atoms with E-state index in [4.69, 9.17) is 19.4 Å². The number of benzene rings is 9. The molecule has 0 atom stereocenters. The normalized spacial score (nSPS) is 11.8. The van der Waals surface area contributed by atoms with E-state index < -0.39 is 0 Å². The van der Waals surface area contributed by atoms with Gasteiger partial charge in [-0.1, -0.05) is 146 Å². The van der Waals surface area contributed by atoms with Crippen molar-refractivity contribution in [3.63, 3.8) is 0 Å². The van der Waals surface area contributed by atoms with Crippen LogP contribution in [0.1, 0.15) is 0 Å². The molecule has 294 valence electrons. The van der Waals surface area contributed by atoms with Crippen LogP contribution in [0.4, 0.5) is 0 Å². The molecule has 0 spiro atoms. The van der Waals surface area contributed by atoms with Crippen molar-refractivity contribution in [1.82, 2.24) is 19.5 Å². The van der Waals surface area contributed by atoms with Gasteiger partial charge < -0.3 is 8.98 Å². The van der Waals surface area contributed by atoms with Gasteiger partial charge in [0.15, 0.2) is 17.5 Å². The summed E-state index contributed by atoms with van der Waals surface area (Å²) in [6.45, 7) is 0. The number of para-hydroxylation sites is 1. The average molecular weight is 823 g/mol. The molecule has 0 bridgehead atoms. The third kappa shape index (κ3) is 5.80. The summed E-state index contributed by atoms with van der Waals surface area (Å²) in [7, 11) is 0. The molecular formula is C57H34N4OS. The molecule has 4 heterocycles. The first-order valence-corrected chi connectivity index (χ1v) is 21.9. The summed E-state index contributed by atoms with van der Waals surface area (Å²) < 4.78 is 11.4. The molecule has 0 aliphatic rings. The summed E-state index contributed by atoms with van der Waals surface area (Å²) in [4.78, 5) is 15.6. The lowest BCUT2D eigenvalue weighted by atomic mass is 9.99. The first-order chi connectivity index (χ1) is 31.2. The van der Waals surface area contributed by atoms with Crippen molar-refractivity contribution in [1.29, 1.82) is 0 Å². The predicted octanol–water partition coefficient (Wildman–Crippen LogP) is 15.6. The zero-order chi connectivity index (χ0) is 41.4. The molecule has 0 radical (unpaired) electrons. The van der Waals surface area contributed by atoms with Gasteiger partial charge in [-0.25, -0.2) is 15.0 Å². The highest BCUT2D eigenvalue weighted by Crippen LogP contribution is 2.42. The number of rotatable bonds is 6. The van der Waals surface area contributed by atoms with Crippen LogP contribution in [0.3, 0.4) is 0 Å². The molecule has 0 N–H and O–H groups in total. The van der Waals surface area contributed by atoms with Gasteiger partial charge in [0.2, 0.25) is 0 Å². The maximum Gasteiger partial charge on any atom is 0.165 e. The zero-order valence-electron chi connectivity index (χ0n) is 33.7. The minimum absolute atomic E-state index is 0.598. The Labute approximate surface area is 365 Å². The molecule has 0 amide bonds. The Morgan fingerprint density at radius 1 is 0.365 bits per heavy atom. The molecule has 13 aromatic rings. The maximum absolute atomic E-state index is 6.58. The van der Waals surface area contributed by atoms with Gasteiger partial charge in [0.05, 0.1) is 11.0 Å². The van der Waals surface area contributed by atoms with Crippen LogP contribution >= 0.6 is 11.3 Å². The fourth-order valence-electron chi connectivity index (χ4n) is 9.33. The highest BCUT2D eigenvalue weighted by molar-refractivity contribution is 7.26. The van der Waals surface area contributed by atoms with E-state index in [1.807, 2.05) is 30.3 Å². The molecular weight excluding hydrogens is 789 g/mol. The SMILES string of the molecule is c1ccc(-c2cccc(-n3c4ccccc4c4cc(-c5ccc6oc7cccc(-c8nc(-c9ccccc9)nc(-c9cccc%10c9sc9ccccc9%10)n8)c7c6c5)ccc43)c2)cc1. The van der Waals surface area contributed by atoms with E-state index in [2.05, 4.69) is 180 Å². The predicted molar refractivity (Wildman–Crippen MR) is 262 cm³/mol. The molecule has 0 saturated carbocycles. The van der Waals surface area contributed by atoms with Crippen molar-refractivity contribution in [2.24, 2.45) is 0 Å². The first kappa shape index (κ1) is 35.6. The van der Waals surface area contributed by atoms with Crippen molar-refractivity contribution >= 4 is 75.3 Å². The average Bonchev–Trinajstić information content (AvgIpc) is 4.04. The number of nitrogens with zero attached hydrogens (tertiary/aromatic N) is 4. The highest BCUT2D eigenvalue weighted by atomic mass is 32.1. The Morgan fingerprint density at radius 2 is 0.968 bits per heavy atom. The minimum Gasteiger partial charge on any atom is -0.456 e. The molecule has 0 aliphatic carbocycles. The van der Waals surface area contributed by atoms with E-state index in [0.29, 0.717) is 17.5 Å². The lowest BCUT2D eigenvalue weighted by Crippen LogP contribution is -2.00. The van der Waals surface area contributed by atoms with Gasteiger partial charge in [-0.2, -0.15) is 0 Å². The van der Waals surface area contributed by atoms with E-state index in [0.717, 1.165) is 65.7 Å². The first-order valence-electron chi connectivity index (χ1n) is 21.1. The molecule has 63 heavy (non-hydrogen) atoms. The van der Waals surface area contributed by atoms with Gasteiger partial charge in [0.25, 0.3) is 0 Å². The van der Waals surface area contributed by atoms with Gasteiger partial charge in [-0.3, -0.25) is 0 Å². The highest BCUT2D eigenvalue weighted by Gasteiger charge is 2.21. The van der Waals surface area contributed by atoms with Crippen LogP contribution in [0.15, 0.2) is 211 Å². The summed E-state index contributed by atoms with van der Waals surface area (Å²) >= 11 is 1.78. The monoisotopic (exact) mass is 822 g/mol. The van der Waals surface area contributed by atoms with Gasteiger partial charge in [-0.15, -0.1) is 11.3 Å². The van der Waals surface area contributed by atoms with Crippen molar-refractivity contribution < 1.29 is 4.42 Å². The number of hydrogen-bond acceptors (Lipinski definition) is 5.